The Morgan fingerprint density at radius 2 is 1.95 bits per heavy atom. The highest BCUT2D eigenvalue weighted by Gasteiger charge is 2.05. The highest BCUT2D eigenvalue weighted by atomic mass is 16.5. The van der Waals surface area contributed by atoms with Gasteiger partial charge in [0.1, 0.15) is 5.75 Å². The molecule has 0 aliphatic carbocycles. The lowest BCUT2D eigenvalue weighted by atomic mass is 10.1. The number of methoxy groups -OCH3 is 1. The van der Waals surface area contributed by atoms with E-state index in [1.54, 1.807) is 7.11 Å². The van der Waals surface area contributed by atoms with Gasteiger partial charge in [-0.1, -0.05) is 23.4 Å². The molecule has 0 amide bonds. The maximum Gasteiger partial charge on any atom is 0.170 e. The van der Waals surface area contributed by atoms with Crippen LogP contribution in [0.5, 0.6) is 5.75 Å². The molecular weight excluding hydrogens is 266 g/mol. The highest BCUT2D eigenvalue weighted by Crippen LogP contribution is 2.20. The van der Waals surface area contributed by atoms with Crippen LogP contribution in [0.3, 0.4) is 0 Å². The number of amidine groups is 1. The number of nitrogens with two attached hydrogens (primary N) is 1. The summed E-state index contributed by atoms with van der Waals surface area (Å²) in [6.45, 7) is 0.721. The van der Waals surface area contributed by atoms with Gasteiger partial charge in [0.05, 0.1) is 7.11 Å². The van der Waals surface area contributed by atoms with Crippen molar-refractivity contribution in [2.75, 3.05) is 19.1 Å². The molecule has 2 aromatic carbocycles. The number of rotatable bonds is 5. The Morgan fingerprint density at radius 3 is 2.57 bits per heavy atom. The topological polar surface area (TPSA) is 71.1 Å². The third kappa shape index (κ3) is 3.66. The second kappa shape index (κ2) is 6.65. The standard InChI is InChI=1S/C16H19N3O2/c1-19(14-6-8-15(21-2)9-7-14)11-12-4-3-5-13(10-12)16(17)18-20/h3-10,20H,11H2,1-2H3,(H2,17,18). The molecule has 0 unspecified atom stereocenters. The Hall–Kier alpha value is -2.69. The SMILES string of the molecule is COc1ccc(N(C)Cc2cccc(C(N)=NO)c2)cc1. The van der Waals surface area contributed by atoms with Crippen molar-refractivity contribution in [1.82, 2.24) is 0 Å². The molecule has 5 heteroatoms. The summed E-state index contributed by atoms with van der Waals surface area (Å²) in [6.07, 6.45) is 0. The summed E-state index contributed by atoms with van der Waals surface area (Å²) in [5.41, 5.74) is 8.49. The van der Waals surface area contributed by atoms with Crippen LogP contribution in [-0.4, -0.2) is 25.2 Å². The Labute approximate surface area is 124 Å². The van der Waals surface area contributed by atoms with Crippen molar-refractivity contribution in [1.29, 1.82) is 0 Å². The number of nitrogens with zero attached hydrogens (tertiary/aromatic N) is 2. The minimum Gasteiger partial charge on any atom is -0.497 e. The van der Waals surface area contributed by atoms with E-state index in [9.17, 15) is 0 Å². The van der Waals surface area contributed by atoms with Gasteiger partial charge in [-0.2, -0.15) is 0 Å². The van der Waals surface area contributed by atoms with Gasteiger partial charge >= 0.3 is 0 Å². The van der Waals surface area contributed by atoms with Crippen LogP contribution in [0.2, 0.25) is 0 Å². The van der Waals surface area contributed by atoms with Crippen molar-refractivity contribution in [3.05, 3.63) is 59.7 Å². The molecule has 110 valence electrons. The second-order valence-electron chi connectivity index (χ2n) is 4.74. The second-order valence-corrected chi connectivity index (χ2v) is 4.74. The molecule has 0 aromatic heterocycles. The average molecular weight is 285 g/mol. The minimum absolute atomic E-state index is 0.115. The van der Waals surface area contributed by atoms with Crippen molar-refractivity contribution in [3.63, 3.8) is 0 Å². The number of hydrogen-bond acceptors (Lipinski definition) is 4. The van der Waals surface area contributed by atoms with E-state index in [0.717, 1.165) is 23.5 Å². The number of benzene rings is 2. The van der Waals surface area contributed by atoms with E-state index in [-0.39, 0.29) is 5.84 Å². The molecule has 21 heavy (non-hydrogen) atoms. The predicted molar refractivity (Wildman–Crippen MR) is 84.1 cm³/mol. The van der Waals surface area contributed by atoms with Gasteiger partial charge in [-0.15, -0.1) is 0 Å². The smallest absolute Gasteiger partial charge is 0.170 e. The van der Waals surface area contributed by atoms with Crippen LogP contribution >= 0.6 is 0 Å². The fourth-order valence-corrected chi connectivity index (χ4v) is 2.09. The van der Waals surface area contributed by atoms with Crippen molar-refractivity contribution in [2.24, 2.45) is 10.9 Å². The number of anilines is 1. The van der Waals surface area contributed by atoms with E-state index in [4.69, 9.17) is 15.7 Å². The molecule has 5 nitrogen and oxygen atoms in total. The van der Waals surface area contributed by atoms with Crippen LogP contribution in [-0.2, 0) is 6.54 Å². The lowest BCUT2D eigenvalue weighted by Gasteiger charge is -2.20. The van der Waals surface area contributed by atoms with Crippen LogP contribution in [0.4, 0.5) is 5.69 Å². The van der Waals surface area contributed by atoms with Gasteiger partial charge in [-0.3, -0.25) is 0 Å². The molecule has 2 rings (SSSR count). The van der Waals surface area contributed by atoms with E-state index in [0.29, 0.717) is 5.56 Å². The first kappa shape index (κ1) is 14.7. The summed E-state index contributed by atoms with van der Waals surface area (Å²) in [4.78, 5) is 2.12. The van der Waals surface area contributed by atoms with Gasteiger partial charge in [-0.25, -0.2) is 0 Å². The Balaban J connectivity index is 2.13. The van der Waals surface area contributed by atoms with Gasteiger partial charge in [0, 0.05) is 24.8 Å². The first-order valence-corrected chi connectivity index (χ1v) is 6.56. The normalized spacial score (nSPS) is 11.2. The van der Waals surface area contributed by atoms with Gasteiger partial charge in [0.15, 0.2) is 5.84 Å². The minimum atomic E-state index is 0.115. The van der Waals surface area contributed by atoms with Crippen LogP contribution in [0, 0.1) is 0 Å². The van der Waals surface area contributed by atoms with E-state index in [1.807, 2.05) is 55.6 Å². The largest absolute Gasteiger partial charge is 0.497 e. The van der Waals surface area contributed by atoms with E-state index >= 15 is 0 Å². The third-order valence-corrected chi connectivity index (χ3v) is 3.26. The van der Waals surface area contributed by atoms with Crippen LogP contribution in [0.25, 0.3) is 0 Å². The average Bonchev–Trinajstić information content (AvgIpc) is 2.54. The Morgan fingerprint density at radius 1 is 1.24 bits per heavy atom. The zero-order chi connectivity index (χ0) is 15.2. The zero-order valence-corrected chi connectivity index (χ0v) is 12.2. The molecule has 0 radical (unpaired) electrons. The lowest BCUT2D eigenvalue weighted by Crippen LogP contribution is -2.17. The molecule has 3 N–H and O–H groups in total. The molecule has 0 saturated carbocycles. The number of oxime groups is 1. The first-order valence-electron chi connectivity index (χ1n) is 6.56. The van der Waals surface area contributed by atoms with Crippen LogP contribution < -0.4 is 15.4 Å². The maximum absolute atomic E-state index is 8.73. The van der Waals surface area contributed by atoms with Crippen molar-refractivity contribution < 1.29 is 9.94 Å². The maximum atomic E-state index is 8.73. The number of hydrogen-bond donors (Lipinski definition) is 2. The third-order valence-electron chi connectivity index (χ3n) is 3.26. The van der Waals surface area contributed by atoms with E-state index < -0.39 is 0 Å². The molecule has 2 aromatic rings. The Bertz CT molecular complexity index is 624. The molecular formula is C16H19N3O2. The van der Waals surface area contributed by atoms with Crippen molar-refractivity contribution in [2.45, 2.75) is 6.54 Å². The zero-order valence-electron chi connectivity index (χ0n) is 12.2. The monoisotopic (exact) mass is 285 g/mol. The molecule has 0 saturated heterocycles. The van der Waals surface area contributed by atoms with Gasteiger partial charge in [0.2, 0.25) is 0 Å². The van der Waals surface area contributed by atoms with Gasteiger partial charge in [0.25, 0.3) is 0 Å². The highest BCUT2D eigenvalue weighted by molar-refractivity contribution is 5.97. The van der Waals surface area contributed by atoms with Crippen LogP contribution in [0.1, 0.15) is 11.1 Å². The summed E-state index contributed by atoms with van der Waals surface area (Å²) in [6, 6.07) is 15.5. The Kier molecular flexibility index (Phi) is 4.66. The molecule has 0 aliphatic rings. The molecule has 0 aliphatic heterocycles. The summed E-state index contributed by atoms with van der Waals surface area (Å²) < 4.78 is 5.15. The first-order chi connectivity index (χ1) is 10.1. The number of ether oxygens (including phenoxy) is 1. The fraction of sp³-hybridized carbons (Fsp3) is 0.188. The van der Waals surface area contributed by atoms with E-state index in [2.05, 4.69) is 10.1 Å². The molecule has 0 fully saturated rings. The fourth-order valence-electron chi connectivity index (χ4n) is 2.09. The summed E-state index contributed by atoms with van der Waals surface area (Å²) >= 11 is 0. The van der Waals surface area contributed by atoms with Crippen molar-refractivity contribution in [3.8, 4) is 5.75 Å². The van der Waals surface area contributed by atoms with E-state index in [1.165, 1.54) is 0 Å². The predicted octanol–water partition coefficient (Wildman–Crippen LogP) is 2.43. The van der Waals surface area contributed by atoms with Crippen molar-refractivity contribution >= 4 is 11.5 Å². The van der Waals surface area contributed by atoms with Gasteiger partial charge in [-0.05, 0) is 35.9 Å². The summed E-state index contributed by atoms with van der Waals surface area (Å²) in [7, 11) is 3.66. The van der Waals surface area contributed by atoms with Crippen LogP contribution in [0.15, 0.2) is 53.7 Å². The summed E-state index contributed by atoms with van der Waals surface area (Å²) in [5.74, 6) is 0.949. The molecule has 0 bridgehead atoms. The molecule has 0 atom stereocenters. The summed E-state index contributed by atoms with van der Waals surface area (Å²) in [5, 5.41) is 11.8. The lowest BCUT2D eigenvalue weighted by molar-refractivity contribution is 0.318. The molecule has 0 spiro atoms. The quantitative estimate of drug-likeness (QED) is 0.383. The van der Waals surface area contributed by atoms with Gasteiger partial charge < -0.3 is 20.6 Å². The molecule has 0 heterocycles.